The van der Waals surface area contributed by atoms with Gasteiger partial charge in [0, 0.05) is 49.9 Å². The van der Waals surface area contributed by atoms with Gasteiger partial charge in [-0.15, -0.1) is 0 Å². The van der Waals surface area contributed by atoms with Gasteiger partial charge in [0.1, 0.15) is 11.2 Å². The van der Waals surface area contributed by atoms with Crippen LogP contribution in [0.1, 0.15) is 11.1 Å². The number of hydrogen-bond acceptors (Lipinski definition) is 2. The summed E-state index contributed by atoms with van der Waals surface area (Å²) in [6.07, 6.45) is 0. The number of furan rings is 1. The van der Waals surface area contributed by atoms with Gasteiger partial charge in [-0.2, -0.15) is 0 Å². The highest BCUT2D eigenvalue weighted by Gasteiger charge is 2.22. The van der Waals surface area contributed by atoms with Gasteiger partial charge in [-0.1, -0.05) is 140 Å². The molecule has 0 aliphatic carbocycles. The van der Waals surface area contributed by atoms with E-state index in [1.54, 1.807) is 0 Å². The smallest absolute Gasteiger partial charge is 0.143 e. The molecule has 0 atom stereocenters. The monoisotopic (exact) mass is 756 g/mol. The highest BCUT2D eigenvalue weighted by Crippen LogP contribution is 2.46. The minimum absolute atomic E-state index is 0.876. The van der Waals surface area contributed by atoms with Gasteiger partial charge in [0.2, 0.25) is 0 Å². The van der Waals surface area contributed by atoms with Crippen LogP contribution in [0.15, 0.2) is 211 Å². The number of rotatable bonds is 7. The van der Waals surface area contributed by atoms with Crippen molar-refractivity contribution >= 4 is 60.8 Å². The average Bonchev–Trinajstić information content (AvgIpc) is 3.84. The first-order valence-electron chi connectivity index (χ1n) is 20.3. The van der Waals surface area contributed by atoms with Crippen molar-refractivity contribution in [1.82, 2.24) is 4.57 Å². The molecule has 0 radical (unpaired) electrons. The van der Waals surface area contributed by atoms with Crippen LogP contribution >= 0.6 is 0 Å². The van der Waals surface area contributed by atoms with Crippen molar-refractivity contribution in [3.63, 3.8) is 0 Å². The van der Waals surface area contributed by atoms with E-state index in [0.29, 0.717) is 0 Å². The fourth-order valence-corrected chi connectivity index (χ4v) is 8.98. The van der Waals surface area contributed by atoms with Gasteiger partial charge in [0.25, 0.3) is 0 Å². The van der Waals surface area contributed by atoms with E-state index in [4.69, 9.17) is 4.42 Å². The van der Waals surface area contributed by atoms with E-state index in [2.05, 4.69) is 224 Å². The molecule has 2 heterocycles. The van der Waals surface area contributed by atoms with E-state index in [0.717, 1.165) is 55.8 Å². The molecule has 0 saturated carbocycles. The minimum atomic E-state index is 0.876. The first-order chi connectivity index (χ1) is 29.1. The Bertz CT molecular complexity index is 3270. The summed E-state index contributed by atoms with van der Waals surface area (Å²) < 4.78 is 9.12. The van der Waals surface area contributed by atoms with Crippen LogP contribution in [-0.4, -0.2) is 4.57 Å². The number of anilines is 3. The number of aryl methyl sites for hydroxylation is 2. The molecule has 3 nitrogen and oxygen atoms in total. The largest absolute Gasteiger partial charge is 0.455 e. The normalized spacial score (nSPS) is 11.6. The van der Waals surface area contributed by atoms with E-state index >= 15 is 0 Å². The lowest BCUT2D eigenvalue weighted by molar-refractivity contribution is 0.670. The van der Waals surface area contributed by atoms with Crippen LogP contribution < -0.4 is 4.90 Å². The Balaban J connectivity index is 1.11. The van der Waals surface area contributed by atoms with E-state index in [1.165, 1.54) is 55.2 Å². The molecule has 0 bridgehead atoms. The van der Waals surface area contributed by atoms with Crippen molar-refractivity contribution in [2.75, 3.05) is 4.90 Å². The van der Waals surface area contributed by atoms with Crippen LogP contribution in [0, 0.1) is 13.8 Å². The summed E-state index contributed by atoms with van der Waals surface area (Å²) in [5.74, 6) is 0. The second-order valence-corrected chi connectivity index (χ2v) is 15.5. The van der Waals surface area contributed by atoms with Crippen molar-refractivity contribution in [3.8, 4) is 39.1 Å². The fraction of sp³-hybridized carbons (Fsp3) is 0.0357. The number of hydrogen-bond donors (Lipinski definition) is 0. The maximum absolute atomic E-state index is 6.75. The zero-order valence-corrected chi connectivity index (χ0v) is 32.9. The quantitative estimate of drug-likeness (QED) is 0.161. The van der Waals surface area contributed by atoms with Crippen molar-refractivity contribution in [2.24, 2.45) is 0 Å². The molecule has 0 aliphatic rings. The summed E-state index contributed by atoms with van der Waals surface area (Å²) in [6.45, 7) is 4.45. The number of nitrogens with zero attached hydrogens (tertiary/aromatic N) is 2. The van der Waals surface area contributed by atoms with Crippen molar-refractivity contribution in [2.45, 2.75) is 13.8 Å². The highest BCUT2D eigenvalue weighted by atomic mass is 16.3. The third-order valence-corrected chi connectivity index (χ3v) is 11.8. The molecule has 3 heteroatoms. The molecular formula is C56H40N2O. The lowest BCUT2D eigenvalue weighted by atomic mass is 9.95. The maximum atomic E-state index is 6.75. The number of aromatic nitrogens is 1. The first kappa shape index (κ1) is 34.6. The lowest BCUT2D eigenvalue weighted by Crippen LogP contribution is -2.12. The van der Waals surface area contributed by atoms with Gasteiger partial charge in [0.15, 0.2) is 0 Å². The topological polar surface area (TPSA) is 21.3 Å². The summed E-state index contributed by atoms with van der Waals surface area (Å²) in [7, 11) is 0. The Morgan fingerprint density at radius 2 is 0.932 bits per heavy atom. The molecule has 0 saturated heterocycles. The van der Waals surface area contributed by atoms with Crippen LogP contribution in [0.2, 0.25) is 0 Å². The summed E-state index contributed by atoms with van der Waals surface area (Å²) in [6, 6.07) is 74.2. The first-order valence-corrected chi connectivity index (χ1v) is 20.3. The summed E-state index contributed by atoms with van der Waals surface area (Å²) in [4.78, 5) is 2.42. The predicted octanol–water partition coefficient (Wildman–Crippen LogP) is 15.8. The standard InChI is InChI=1S/C56H40N2O/c1-37-34-54(38(2)33-49(37)41-17-7-4-8-18-41)57(43-29-25-40(26-30-43)39-15-5-3-6-16-39)45-35-50(56-51(36-45)48-21-11-14-24-55(48)59-56)42-27-31-44(32-28-42)58-52-22-12-9-19-46(52)47-20-10-13-23-53(47)58/h3-36H,1-2H3. The van der Waals surface area contributed by atoms with Crippen LogP contribution in [0.3, 0.4) is 0 Å². The SMILES string of the molecule is Cc1cc(N(c2ccc(-c3ccccc3)cc2)c2cc(-c3ccc(-n4c5ccccc5c5ccccc54)cc3)c3oc4ccccc4c3c2)c(C)cc1-c1ccccc1. The number of para-hydroxylation sites is 3. The van der Waals surface area contributed by atoms with Crippen LogP contribution in [0.4, 0.5) is 17.1 Å². The average molecular weight is 757 g/mol. The van der Waals surface area contributed by atoms with Crippen LogP contribution in [-0.2, 0) is 0 Å². The maximum Gasteiger partial charge on any atom is 0.143 e. The van der Waals surface area contributed by atoms with Gasteiger partial charge < -0.3 is 13.9 Å². The lowest BCUT2D eigenvalue weighted by Gasteiger charge is -2.29. The molecule has 9 aromatic carbocycles. The third kappa shape index (κ3) is 5.90. The van der Waals surface area contributed by atoms with E-state index in [9.17, 15) is 0 Å². The summed E-state index contributed by atoms with van der Waals surface area (Å²) in [5, 5.41) is 4.69. The van der Waals surface area contributed by atoms with Crippen molar-refractivity contribution in [3.05, 3.63) is 217 Å². The second kappa shape index (κ2) is 14.1. The molecule has 0 N–H and O–H groups in total. The zero-order chi connectivity index (χ0) is 39.5. The third-order valence-electron chi connectivity index (χ3n) is 11.8. The van der Waals surface area contributed by atoms with Crippen LogP contribution in [0.5, 0.6) is 0 Å². The molecule has 0 spiro atoms. The minimum Gasteiger partial charge on any atom is -0.455 e. The molecule has 11 rings (SSSR count). The molecule has 59 heavy (non-hydrogen) atoms. The van der Waals surface area contributed by atoms with Crippen LogP contribution in [0.25, 0.3) is 82.8 Å². The molecule has 11 aromatic rings. The van der Waals surface area contributed by atoms with Crippen molar-refractivity contribution < 1.29 is 4.42 Å². The van der Waals surface area contributed by atoms with Gasteiger partial charge in [-0.05, 0) is 120 Å². The Hall–Kier alpha value is -7.62. The van der Waals surface area contributed by atoms with Gasteiger partial charge in [0.05, 0.1) is 11.0 Å². The fourth-order valence-electron chi connectivity index (χ4n) is 8.98. The molecule has 2 aromatic heterocycles. The zero-order valence-electron chi connectivity index (χ0n) is 32.9. The Kier molecular flexibility index (Phi) is 8.27. The molecule has 0 fully saturated rings. The van der Waals surface area contributed by atoms with Crippen molar-refractivity contribution in [1.29, 1.82) is 0 Å². The molecular weight excluding hydrogens is 717 g/mol. The Morgan fingerprint density at radius 1 is 0.390 bits per heavy atom. The number of benzene rings is 9. The number of fused-ring (bicyclic) bond motifs is 6. The molecule has 280 valence electrons. The summed E-state index contributed by atoms with van der Waals surface area (Å²) in [5.41, 5.74) is 17.9. The summed E-state index contributed by atoms with van der Waals surface area (Å²) >= 11 is 0. The van der Waals surface area contributed by atoms with Gasteiger partial charge in [-0.3, -0.25) is 0 Å². The Labute approximate surface area is 343 Å². The van der Waals surface area contributed by atoms with Gasteiger partial charge in [-0.25, -0.2) is 0 Å². The van der Waals surface area contributed by atoms with E-state index in [1.807, 2.05) is 6.07 Å². The van der Waals surface area contributed by atoms with Gasteiger partial charge >= 0.3 is 0 Å². The molecule has 0 unspecified atom stereocenters. The molecule has 0 amide bonds. The molecule has 0 aliphatic heterocycles. The van der Waals surface area contributed by atoms with E-state index < -0.39 is 0 Å². The highest BCUT2D eigenvalue weighted by molar-refractivity contribution is 6.12. The van der Waals surface area contributed by atoms with E-state index in [-0.39, 0.29) is 0 Å². The Morgan fingerprint density at radius 3 is 1.61 bits per heavy atom. The second-order valence-electron chi connectivity index (χ2n) is 15.5. The predicted molar refractivity (Wildman–Crippen MR) is 249 cm³/mol.